The third-order valence-electron chi connectivity index (χ3n) is 1.99. The maximum absolute atomic E-state index is 6.97. The van der Waals surface area contributed by atoms with Gasteiger partial charge in [-0.05, 0) is 18.1 Å². The van der Waals surface area contributed by atoms with Gasteiger partial charge in [-0.1, -0.05) is 25.5 Å². The number of hydrogen-bond donors (Lipinski definition) is 0. The molecule has 1 aromatic carbocycles. The average molecular weight is 175 g/mol. The largest absolute Gasteiger partial charge is 0.508 e. The number of methoxy groups -OCH3 is 1. The van der Waals surface area contributed by atoms with Crippen LogP contribution in [0.1, 0.15) is 25.3 Å². The third kappa shape index (κ3) is 2.00. The first-order valence-electron chi connectivity index (χ1n) is 4.24. The van der Waals surface area contributed by atoms with Crippen molar-refractivity contribution in [3.05, 3.63) is 35.2 Å². The molecule has 1 rings (SSSR count). The molecule has 0 spiro atoms. The second-order valence-corrected chi connectivity index (χ2v) is 3.20. The predicted octanol–water partition coefficient (Wildman–Crippen LogP) is 3.37. The van der Waals surface area contributed by atoms with Crippen LogP contribution in [0.4, 0.5) is 5.69 Å². The highest BCUT2D eigenvalue weighted by atomic mass is 16.5. The molecule has 0 radical (unpaired) electrons. The van der Waals surface area contributed by atoms with Crippen molar-refractivity contribution in [1.82, 2.24) is 0 Å². The van der Waals surface area contributed by atoms with Crippen LogP contribution in [0.15, 0.2) is 18.2 Å². The molecule has 68 valence electrons. The summed E-state index contributed by atoms with van der Waals surface area (Å²) in [5, 5.41) is 0. The molecule has 0 aliphatic carbocycles. The topological polar surface area (TPSA) is 13.6 Å². The Hall–Kier alpha value is -1.49. The van der Waals surface area contributed by atoms with Crippen LogP contribution in [0.2, 0.25) is 0 Å². The van der Waals surface area contributed by atoms with Crippen molar-refractivity contribution in [2.45, 2.75) is 19.8 Å². The van der Waals surface area contributed by atoms with Crippen LogP contribution in [0, 0.1) is 6.57 Å². The van der Waals surface area contributed by atoms with Crippen molar-refractivity contribution in [2.75, 3.05) is 7.11 Å². The zero-order chi connectivity index (χ0) is 9.84. The molecule has 13 heavy (non-hydrogen) atoms. The minimum absolute atomic E-state index is 0.450. The summed E-state index contributed by atoms with van der Waals surface area (Å²) in [6.45, 7) is 11.2. The molecule has 0 saturated heterocycles. The van der Waals surface area contributed by atoms with Crippen LogP contribution in [-0.2, 0) is 0 Å². The molecular weight excluding hydrogens is 162 g/mol. The first kappa shape index (κ1) is 9.60. The molecule has 2 nitrogen and oxygen atoms in total. The van der Waals surface area contributed by atoms with Crippen LogP contribution in [0.3, 0.4) is 0 Å². The molecule has 0 atom stereocenters. The normalized spacial score (nSPS) is 9.77. The van der Waals surface area contributed by atoms with E-state index in [0.717, 1.165) is 0 Å². The van der Waals surface area contributed by atoms with Gasteiger partial charge in [-0.25, -0.2) is 4.85 Å². The Morgan fingerprint density at radius 3 is 2.54 bits per heavy atom. The molecule has 1 aromatic rings. The van der Waals surface area contributed by atoms with E-state index in [-0.39, 0.29) is 0 Å². The number of hydrogen-bond acceptors (Lipinski definition) is 1. The van der Waals surface area contributed by atoms with Crippen molar-refractivity contribution in [3.8, 4) is 5.75 Å². The SMILES string of the molecule is [C-]#[N+]c1cc(C(C)C)ccc1OC. The van der Waals surface area contributed by atoms with E-state index in [1.54, 1.807) is 7.11 Å². The van der Waals surface area contributed by atoms with Crippen LogP contribution >= 0.6 is 0 Å². The molecule has 0 aliphatic heterocycles. The van der Waals surface area contributed by atoms with E-state index in [2.05, 4.69) is 18.7 Å². The van der Waals surface area contributed by atoms with Gasteiger partial charge in [-0.2, -0.15) is 0 Å². The van der Waals surface area contributed by atoms with Gasteiger partial charge in [-0.15, -0.1) is 0 Å². The minimum atomic E-state index is 0.450. The van der Waals surface area contributed by atoms with E-state index < -0.39 is 0 Å². The van der Waals surface area contributed by atoms with Crippen molar-refractivity contribution >= 4 is 5.69 Å². The van der Waals surface area contributed by atoms with Crippen LogP contribution < -0.4 is 4.74 Å². The maximum atomic E-state index is 6.97. The zero-order valence-electron chi connectivity index (χ0n) is 8.16. The van der Waals surface area contributed by atoms with Gasteiger partial charge in [0.25, 0.3) is 0 Å². The summed E-state index contributed by atoms with van der Waals surface area (Å²) >= 11 is 0. The molecule has 0 N–H and O–H groups in total. The molecule has 0 unspecified atom stereocenters. The Kier molecular flexibility index (Phi) is 2.92. The lowest BCUT2D eigenvalue weighted by Gasteiger charge is -2.08. The van der Waals surface area contributed by atoms with Gasteiger partial charge in [0, 0.05) is 0 Å². The molecule has 0 aliphatic rings. The summed E-state index contributed by atoms with van der Waals surface area (Å²) < 4.78 is 5.06. The monoisotopic (exact) mass is 175 g/mol. The molecule has 0 heterocycles. The van der Waals surface area contributed by atoms with E-state index in [4.69, 9.17) is 11.3 Å². The molecule has 0 aromatic heterocycles. The lowest BCUT2D eigenvalue weighted by Crippen LogP contribution is -1.88. The second kappa shape index (κ2) is 3.95. The number of nitrogens with zero attached hydrogens (tertiary/aromatic N) is 1. The summed E-state index contributed by atoms with van der Waals surface area (Å²) in [6, 6.07) is 5.73. The first-order chi connectivity index (χ1) is 6.19. The smallest absolute Gasteiger partial charge is 0.228 e. The fraction of sp³-hybridized carbons (Fsp3) is 0.364. The summed E-state index contributed by atoms with van der Waals surface area (Å²) in [4.78, 5) is 3.41. The van der Waals surface area contributed by atoms with E-state index >= 15 is 0 Å². The quantitative estimate of drug-likeness (QED) is 0.628. The lowest BCUT2D eigenvalue weighted by atomic mass is 10.0. The molecule has 0 fully saturated rings. The average Bonchev–Trinajstić information content (AvgIpc) is 2.16. The van der Waals surface area contributed by atoms with Gasteiger partial charge in [0.1, 0.15) is 5.75 Å². The lowest BCUT2D eigenvalue weighted by molar-refractivity contribution is 0.417. The van der Waals surface area contributed by atoms with Crippen molar-refractivity contribution in [3.63, 3.8) is 0 Å². The van der Waals surface area contributed by atoms with Gasteiger partial charge in [0.2, 0.25) is 5.69 Å². The van der Waals surface area contributed by atoms with Crippen LogP contribution in [0.5, 0.6) is 5.75 Å². The summed E-state index contributed by atoms with van der Waals surface area (Å²) in [5.74, 6) is 1.10. The highest BCUT2D eigenvalue weighted by Gasteiger charge is 2.05. The van der Waals surface area contributed by atoms with Gasteiger partial charge in [0.15, 0.2) is 0 Å². The van der Waals surface area contributed by atoms with Gasteiger partial charge in [-0.3, -0.25) is 0 Å². The Bertz CT molecular complexity index is 336. The van der Waals surface area contributed by atoms with E-state index in [1.807, 2.05) is 18.2 Å². The number of benzene rings is 1. The standard InChI is InChI=1S/C11H13NO/c1-8(2)9-5-6-11(13-4)10(7-9)12-3/h5-8H,1-2,4H3. The van der Waals surface area contributed by atoms with Crippen LogP contribution in [-0.4, -0.2) is 7.11 Å². The van der Waals surface area contributed by atoms with E-state index in [0.29, 0.717) is 17.4 Å². The van der Waals surface area contributed by atoms with Crippen molar-refractivity contribution in [1.29, 1.82) is 0 Å². The number of rotatable bonds is 2. The van der Waals surface area contributed by atoms with Gasteiger partial charge in [0.05, 0.1) is 13.7 Å². The highest BCUT2D eigenvalue weighted by Crippen LogP contribution is 2.30. The zero-order valence-corrected chi connectivity index (χ0v) is 8.16. The molecule has 0 bridgehead atoms. The van der Waals surface area contributed by atoms with E-state index in [9.17, 15) is 0 Å². The minimum Gasteiger partial charge on any atom is -0.508 e. The second-order valence-electron chi connectivity index (χ2n) is 3.20. The first-order valence-corrected chi connectivity index (χ1v) is 4.24. The number of ether oxygens (including phenoxy) is 1. The molecule has 2 heteroatoms. The summed E-state index contributed by atoms with van der Waals surface area (Å²) in [5.41, 5.74) is 1.76. The molecular formula is C11H13NO. The van der Waals surface area contributed by atoms with Crippen molar-refractivity contribution < 1.29 is 4.74 Å². The predicted molar refractivity (Wildman–Crippen MR) is 53.3 cm³/mol. The van der Waals surface area contributed by atoms with Gasteiger partial charge >= 0.3 is 0 Å². The summed E-state index contributed by atoms with van der Waals surface area (Å²) in [6.07, 6.45) is 0. The summed E-state index contributed by atoms with van der Waals surface area (Å²) in [7, 11) is 1.58. The Morgan fingerprint density at radius 2 is 2.08 bits per heavy atom. The highest BCUT2D eigenvalue weighted by molar-refractivity contribution is 5.59. The Labute approximate surface area is 79.0 Å². The maximum Gasteiger partial charge on any atom is 0.228 e. The fourth-order valence-electron chi connectivity index (χ4n) is 1.15. The molecule has 0 saturated carbocycles. The van der Waals surface area contributed by atoms with E-state index in [1.165, 1.54) is 5.56 Å². The third-order valence-corrected chi connectivity index (χ3v) is 1.99. The van der Waals surface area contributed by atoms with Crippen molar-refractivity contribution in [2.24, 2.45) is 0 Å². The fourth-order valence-corrected chi connectivity index (χ4v) is 1.15. The van der Waals surface area contributed by atoms with Gasteiger partial charge < -0.3 is 4.74 Å². The molecule has 0 amide bonds. The Balaban J connectivity index is 3.15. The Morgan fingerprint density at radius 1 is 1.38 bits per heavy atom. The van der Waals surface area contributed by atoms with Crippen LogP contribution in [0.25, 0.3) is 4.85 Å².